The van der Waals surface area contributed by atoms with E-state index in [0.717, 1.165) is 6.07 Å². The Morgan fingerprint density at radius 3 is 2.61 bits per heavy atom. The highest BCUT2D eigenvalue weighted by Crippen LogP contribution is 2.18. The Morgan fingerprint density at radius 2 is 2.11 bits per heavy atom. The molecular weight excluding hydrogens is 263 g/mol. The summed E-state index contributed by atoms with van der Waals surface area (Å²) in [6.07, 6.45) is -0.486. The molecule has 0 aliphatic rings. The van der Waals surface area contributed by atoms with Gasteiger partial charge in [0.15, 0.2) is 9.84 Å². The molecule has 0 saturated heterocycles. The van der Waals surface area contributed by atoms with Crippen molar-refractivity contribution in [1.29, 1.82) is 0 Å². The Labute approximate surface area is 104 Å². The number of halogens is 1. The molecule has 1 rings (SSSR count). The van der Waals surface area contributed by atoms with E-state index in [9.17, 15) is 17.6 Å². The van der Waals surface area contributed by atoms with E-state index in [1.165, 1.54) is 19.2 Å². The van der Waals surface area contributed by atoms with Gasteiger partial charge in [0.25, 0.3) is 0 Å². The number of methoxy groups -OCH3 is 1. The molecule has 0 unspecified atom stereocenters. The van der Waals surface area contributed by atoms with Gasteiger partial charge in [-0.25, -0.2) is 12.8 Å². The van der Waals surface area contributed by atoms with Crippen molar-refractivity contribution < 1.29 is 27.4 Å². The number of carboxylic acids is 1. The predicted molar refractivity (Wildman–Crippen MR) is 62.7 cm³/mol. The molecule has 0 saturated carbocycles. The lowest BCUT2D eigenvalue weighted by molar-refractivity contribution is -0.136. The summed E-state index contributed by atoms with van der Waals surface area (Å²) in [6.45, 7) is 0. The highest BCUT2D eigenvalue weighted by Gasteiger charge is 2.16. The second-order valence-corrected chi connectivity index (χ2v) is 5.88. The summed E-state index contributed by atoms with van der Waals surface area (Å²) in [5, 5.41) is 8.41. The summed E-state index contributed by atoms with van der Waals surface area (Å²) < 4.78 is 41.4. The van der Waals surface area contributed by atoms with Crippen molar-refractivity contribution in [2.45, 2.75) is 12.2 Å². The fourth-order valence-electron chi connectivity index (χ4n) is 1.32. The van der Waals surface area contributed by atoms with Gasteiger partial charge in [0.2, 0.25) is 0 Å². The van der Waals surface area contributed by atoms with Crippen LogP contribution in [0.5, 0.6) is 5.75 Å². The summed E-state index contributed by atoms with van der Waals surface area (Å²) in [7, 11) is -2.26. The van der Waals surface area contributed by atoms with E-state index in [1.54, 1.807) is 0 Å². The number of ether oxygens (including phenoxy) is 1. The normalized spacial score (nSPS) is 11.2. The van der Waals surface area contributed by atoms with Crippen molar-refractivity contribution in [2.24, 2.45) is 0 Å². The van der Waals surface area contributed by atoms with E-state index in [4.69, 9.17) is 9.84 Å². The smallest absolute Gasteiger partial charge is 0.304 e. The minimum Gasteiger partial charge on any atom is -0.497 e. The Kier molecular flexibility index (Phi) is 4.66. The summed E-state index contributed by atoms with van der Waals surface area (Å²) in [4.78, 5) is 10.3. The van der Waals surface area contributed by atoms with Crippen molar-refractivity contribution >= 4 is 15.8 Å². The molecule has 0 bridgehead atoms. The molecule has 1 aromatic rings. The van der Waals surface area contributed by atoms with Crippen molar-refractivity contribution in [1.82, 2.24) is 0 Å². The van der Waals surface area contributed by atoms with Crippen LogP contribution in [0.4, 0.5) is 4.39 Å². The first-order chi connectivity index (χ1) is 8.34. The van der Waals surface area contributed by atoms with Crippen LogP contribution in [-0.4, -0.2) is 32.4 Å². The zero-order chi connectivity index (χ0) is 13.8. The van der Waals surface area contributed by atoms with Crippen LogP contribution in [0.2, 0.25) is 0 Å². The van der Waals surface area contributed by atoms with Crippen LogP contribution in [-0.2, 0) is 20.4 Å². The van der Waals surface area contributed by atoms with Gasteiger partial charge in [-0.2, -0.15) is 0 Å². The van der Waals surface area contributed by atoms with Gasteiger partial charge in [0.1, 0.15) is 11.6 Å². The Balaban J connectivity index is 2.81. The van der Waals surface area contributed by atoms with Gasteiger partial charge < -0.3 is 9.84 Å². The van der Waals surface area contributed by atoms with E-state index >= 15 is 0 Å². The van der Waals surface area contributed by atoms with Crippen molar-refractivity contribution in [3.8, 4) is 5.75 Å². The number of aliphatic carboxylic acids is 1. The van der Waals surface area contributed by atoms with Gasteiger partial charge >= 0.3 is 5.97 Å². The van der Waals surface area contributed by atoms with Crippen LogP contribution in [0, 0.1) is 5.82 Å². The van der Waals surface area contributed by atoms with Crippen LogP contribution in [0.3, 0.4) is 0 Å². The molecule has 0 aliphatic carbocycles. The summed E-state index contributed by atoms with van der Waals surface area (Å²) in [5.74, 6) is -2.62. The SMILES string of the molecule is COc1ccc(CS(=O)(=O)CCC(=O)O)c(F)c1. The molecule has 0 atom stereocenters. The number of hydrogen-bond donors (Lipinski definition) is 1. The number of rotatable bonds is 6. The van der Waals surface area contributed by atoms with Gasteiger partial charge in [-0.3, -0.25) is 4.79 Å². The summed E-state index contributed by atoms with van der Waals surface area (Å²) in [5.41, 5.74) is 0.00110. The predicted octanol–water partition coefficient (Wildman–Crippen LogP) is 1.22. The molecule has 1 N–H and O–H groups in total. The van der Waals surface area contributed by atoms with Crippen molar-refractivity contribution in [3.63, 3.8) is 0 Å². The Hall–Kier alpha value is -1.63. The summed E-state index contributed by atoms with van der Waals surface area (Å²) >= 11 is 0. The minimum atomic E-state index is -3.63. The largest absolute Gasteiger partial charge is 0.497 e. The standard InChI is InChI=1S/C11H13FO5S/c1-17-9-3-2-8(10(12)6-9)7-18(15,16)5-4-11(13)14/h2-3,6H,4-5,7H2,1H3,(H,13,14). The maximum atomic E-state index is 13.5. The van der Waals surface area contributed by atoms with E-state index in [1.807, 2.05) is 0 Å². The van der Waals surface area contributed by atoms with Crippen molar-refractivity contribution in [3.05, 3.63) is 29.6 Å². The maximum absolute atomic E-state index is 13.5. The first-order valence-corrected chi connectivity index (χ1v) is 6.91. The lowest BCUT2D eigenvalue weighted by Gasteiger charge is -2.06. The fraction of sp³-hybridized carbons (Fsp3) is 0.364. The minimum absolute atomic E-state index is 0.00110. The third kappa shape index (κ3) is 4.33. The molecule has 0 spiro atoms. The van der Waals surface area contributed by atoms with Gasteiger partial charge in [0, 0.05) is 11.6 Å². The van der Waals surface area contributed by atoms with Crippen LogP contribution in [0.25, 0.3) is 0 Å². The molecule has 5 nitrogen and oxygen atoms in total. The van der Waals surface area contributed by atoms with Crippen LogP contribution < -0.4 is 4.74 Å². The molecule has 0 aromatic heterocycles. The van der Waals surface area contributed by atoms with Gasteiger partial charge in [0.05, 0.1) is 25.0 Å². The number of hydrogen-bond acceptors (Lipinski definition) is 4. The van der Waals surface area contributed by atoms with E-state index in [2.05, 4.69) is 0 Å². The average molecular weight is 276 g/mol. The molecule has 18 heavy (non-hydrogen) atoms. The van der Waals surface area contributed by atoms with Crippen molar-refractivity contribution in [2.75, 3.05) is 12.9 Å². The number of sulfone groups is 1. The molecule has 0 amide bonds. The second-order valence-electron chi connectivity index (χ2n) is 3.69. The number of carboxylic acid groups (broad SMARTS) is 1. The van der Waals surface area contributed by atoms with E-state index in [0.29, 0.717) is 5.75 Å². The summed E-state index contributed by atoms with van der Waals surface area (Å²) in [6, 6.07) is 3.85. The fourth-order valence-corrected chi connectivity index (χ4v) is 2.66. The molecular formula is C11H13FO5S. The van der Waals surface area contributed by atoms with Crippen LogP contribution >= 0.6 is 0 Å². The van der Waals surface area contributed by atoms with Gasteiger partial charge in [-0.05, 0) is 6.07 Å². The lowest BCUT2D eigenvalue weighted by atomic mass is 10.2. The van der Waals surface area contributed by atoms with Gasteiger partial charge in [-0.1, -0.05) is 6.07 Å². The number of carbonyl (C=O) groups is 1. The highest BCUT2D eigenvalue weighted by molar-refractivity contribution is 7.90. The molecule has 0 fully saturated rings. The monoisotopic (exact) mass is 276 g/mol. The zero-order valence-corrected chi connectivity index (χ0v) is 10.5. The maximum Gasteiger partial charge on any atom is 0.304 e. The third-order valence-electron chi connectivity index (χ3n) is 2.26. The quantitative estimate of drug-likeness (QED) is 0.845. The second kappa shape index (κ2) is 5.81. The lowest BCUT2D eigenvalue weighted by Crippen LogP contribution is -2.13. The zero-order valence-electron chi connectivity index (χ0n) is 9.72. The molecule has 100 valence electrons. The Morgan fingerprint density at radius 1 is 1.44 bits per heavy atom. The van der Waals surface area contributed by atoms with E-state index in [-0.39, 0.29) is 5.56 Å². The molecule has 7 heteroatoms. The molecule has 0 radical (unpaired) electrons. The first kappa shape index (κ1) is 14.4. The van der Waals surface area contributed by atoms with Crippen LogP contribution in [0.15, 0.2) is 18.2 Å². The third-order valence-corrected chi connectivity index (χ3v) is 3.84. The number of benzene rings is 1. The molecule has 1 aromatic carbocycles. The first-order valence-electron chi connectivity index (χ1n) is 5.08. The van der Waals surface area contributed by atoms with Gasteiger partial charge in [-0.15, -0.1) is 0 Å². The Bertz CT molecular complexity index is 538. The highest BCUT2D eigenvalue weighted by atomic mass is 32.2. The molecule has 0 aliphatic heterocycles. The van der Waals surface area contributed by atoms with E-state index < -0.39 is 39.6 Å². The average Bonchev–Trinajstić information content (AvgIpc) is 2.29. The molecule has 0 heterocycles. The topological polar surface area (TPSA) is 80.7 Å². The van der Waals surface area contributed by atoms with Crippen LogP contribution in [0.1, 0.15) is 12.0 Å².